The van der Waals surface area contributed by atoms with Gasteiger partial charge in [-0.05, 0) is 30.9 Å². The van der Waals surface area contributed by atoms with Gasteiger partial charge in [0.05, 0.1) is 6.04 Å². The quantitative estimate of drug-likeness (QED) is 0.935. The third kappa shape index (κ3) is 4.01. The van der Waals surface area contributed by atoms with E-state index in [0.717, 1.165) is 31.0 Å². The molecule has 1 aliphatic heterocycles. The van der Waals surface area contributed by atoms with E-state index in [2.05, 4.69) is 50.9 Å². The van der Waals surface area contributed by atoms with Crippen LogP contribution in [0.15, 0.2) is 30.9 Å². The molecule has 0 saturated carbocycles. The molecular weight excluding hydrogens is 288 g/mol. The molecule has 1 atom stereocenters. The van der Waals surface area contributed by atoms with Gasteiger partial charge >= 0.3 is 0 Å². The van der Waals surface area contributed by atoms with Crippen LogP contribution in [0.25, 0.3) is 0 Å². The minimum absolute atomic E-state index is 0.265. The van der Waals surface area contributed by atoms with Crippen LogP contribution < -0.4 is 5.32 Å². The first-order valence-corrected chi connectivity index (χ1v) is 8.12. The van der Waals surface area contributed by atoms with Crippen LogP contribution in [-0.4, -0.2) is 37.9 Å². The van der Waals surface area contributed by atoms with Gasteiger partial charge in [-0.3, -0.25) is 9.88 Å². The SMILES string of the molecule is CC(C)(C)CN1CCCC1c1nccnc1Nc1ncccn1. The van der Waals surface area contributed by atoms with Crippen molar-refractivity contribution in [2.75, 3.05) is 18.4 Å². The van der Waals surface area contributed by atoms with E-state index >= 15 is 0 Å². The van der Waals surface area contributed by atoms with Crippen LogP contribution >= 0.6 is 0 Å². The Hall–Kier alpha value is -2.08. The lowest BCUT2D eigenvalue weighted by molar-refractivity contribution is 0.176. The first kappa shape index (κ1) is 15.8. The fourth-order valence-corrected chi connectivity index (χ4v) is 3.09. The van der Waals surface area contributed by atoms with Crippen LogP contribution in [0.2, 0.25) is 0 Å². The Morgan fingerprint density at radius 1 is 1.09 bits per heavy atom. The summed E-state index contributed by atoms with van der Waals surface area (Å²) in [5.74, 6) is 1.30. The van der Waals surface area contributed by atoms with Crippen molar-refractivity contribution >= 4 is 11.8 Å². The van der Waals surface area contributed by atoms with Crippen molar-refractivity contribution in [3.8, 4) is 0 Å². The van der Waals surface area contributed by atoms with Crippen molar-refractivity contribution in [2.45, 2.75) is 39.7 Å². The number of hydrogen-bond acceptors (Lipinski definition) is 6. The van der Waals surface area contributed by atoms with Crippen LogP contribution in [-0.2, 0) is 0 Å². The van der Waals surface area contributed by atoms with Gasteiger partial charge in [-0.15, -0.1) is 0 Å². The molecule has 1 N–H and O–H groups in total. The molecule has 0 radical (unpaired) electrons. The lowest BCUT2D eigenvalue weighted by Gasteiger charge is -2.31. The summed E-state index contributed by atoms with van der Waals surface area (Å²) in [6.45, 7) is 8.98. The monoisotopic (exact) mass is 312 g/mol. The summed E-state index contributed by atoms with van der Waals surface area (Å²) in [5, 5.41) is 3.21. The van der Waals surface area contributed by atoms with Crippen molar-refractivity contribution in [1.29, 1.82) is 0 Å². The minimum atomic E-state index is 0.265. The number of likely N-dealkylation sites (tertiary alicyclic amines) is 1. The molecule has 1 unspecified atom stereocenters. The molecule has 0 aliphatic carbocycles. The molecule has 1 saturated heterocycles. The Labute approximate surface area is 137 Å². The van der Waals surface area contributed by atoms with Gasteiger partial charge in [0.2, 0.25) is 5.95 Å². The number of rotatable bonds is 4. The Balaban J connectivity index is 1.85. The molecule has 0 spiro atoms. The standard InChI is InChI=1S/C17H24N6/c1-17(2,3)12-23-11-4-6-13(23)14-15(19-10-9-18-14)22-16-20-7-5-8-21-16/h5,7-10,13H,4,6,11-12H2,1-3H3,(H,19,20,21,22). The maximum Gasteiger partial charge on any atom is 0.228 e. The van der Waals surface area contributed by atoms with Gasteiger partial charge in [0.25, 0.3) is 0 Å². The first-order valence-electron chi connectivity index (χ1n) is 8.12. The third-order valence-corrected chi connectivity index (χ3v) is 3.88. The second kappa shape index (κ2) is 6.58. The average Bonchev–Trinajstić information content (AvgIpc) is 2.95. The van der Waals surface area contributed by atoms with Crippen molar-refractivity contribution in [2.24, 2.45) is 5.41 Å². The molecular formula is C17H24N6. The predicted octanol–water partition coefficient (Wildman–Crippen LogP) is 3.19. The molecule has 122 valence electrons. The van der Waals surface area contributed by atoms with E-state index in [1.165, 1.54) is 6.42 Å². The fraction of sp³-hybridized carbons (Fsp3) is 0.529. The summed E-state index contributed by atoms with van der Waals surface area (Å²) >= 11 is 0. The number of nitrogens with zero attached hydrogens (tertiary/aromatic N) is 5. The molecule has 1 aliphatic rings. The summed E-state index contributed by atoms with van der Waals surface area (Å²) in [6.07, 6.45) is 9.20. The van der Waals surface area contributed by atoms with Crippen LogP contribution in [0, 0.1) is 5.41 Å². The Bertz CT molecular complexity index is 637. The van der Waals surface area contributed by atoms with Crippen LogP contribution in [0.1, 0.15) is 45.3 Å². The molecule has 3 rings (SSSR count). The summed E-state index contributed by atoms with van der Waals surface area (Å²) in [7, 11) is 0. The normalized spacial score (nSPS) is 19.0. The zero-order valence-corrected chi connectivity index (χ0v) is 14.0. The summed E-state index contributed by atoms with van der Waals surface area (Å²) < 4.78 is 0. The third-order valence-electron chi connectivity index (χ3n) is 3.88. The highest BCUT2D eigenvalue weighted by atomic mass is 15.2. The smallest absolute Gasteiger partial charge is 0.228 e. The van der Waals surface area contributed by atoms with Gasteiger partial charge in [-0.25, -0.2) is 15.0 Å². The van der Waals surface area contributed by atoms with Crippen molar-refractivity contribution in [3.05, 3.63) is 36.5 Å². The van der Waals surface area contributed by atoms with Crippen LogP contribution in [0.4, 0.5) is 11.8 Å². The van der Waals surface area contributed by atoms with Crippen molar-refractivity contribution in [1.82, 2.24) is 24.8 Å². The molecule has 0 amide bonds. The maximum absolute atomic E-state index is 4.61. The topological polar surface area (TPSA) is 66.8 Å². The summed E-state index contributed by atoms with van der Waals surface area (Å²) in [6, 6.07) is 2.10. The highest BCUT2D eigenvalue weighted by molar-refractivity contribution is 5.51. The largest absolute Gasteiger partial charge is 0.307 e. The number of hydrogen-bond donors (Lipinski definition) is 1. The molecule has 0 bridgehead atoms. The molecule has 1 fully saturated rings. The van der Waals surface area contributed by atoms with E-state index in [4.69, 9.17) is 0 Å². The van der Waals surface area contributed by atoms with Crippen LogP contribution in [0.3, 0.4) is 0 Å². The van der Waals surface area contributed by atoms with E-state index in [1.54, 1.807) is 30.9 Å². The molecule has 3 heterocycles. The average molecular weight is 312 g/mol. The van der Waals surface area contributed by atoms with Gasteiger partial charge in [0, 0.05) is 31.3 Å². The van der Waals surface area contributed by atoms with E-state index in [9.17, 15) is 0 Å². The highest BCUT2D eigenvalue weighted by Gasteiger charge is 2.32. The van der Waals surface area contributed by atoms with Crippen molar-refractivity contribution < 1.29 is 0 Å². The number of anilines is 2. The Morgan fingerprint density at radius 3 is 2.57 bits per heavy atom. The maximum atomic E-state index is 4.61. The van der Waals surface area contributed by atoms with E-state index < -0.39 is 0 Å². The van der Waals surface area contributed by atoms with Crippen molar-refractivity contribution in [3.63, 3.8) is 0 Å². The summed E-state index contributed by atoms with van der Waals surface area (Å²) in [4.78, 5) is 20.0. The van der Waals surface area contributed by atoms with Gasteiger partial charge in [0.1, 0.15) is 5.69 Å². The van der Waals surface area contributed by atoms with Gasteiger partial charge < -0.3 is 5.32 Å². The fourth-order valence-electron chi connectivity index (χ4n) is 3.09. The predicted molar refractivity (Wildman–Crippen MR) is 90.3 cm³/mol. The molecule has 6 nitrogen and oxygen atoms in total. The first-order chi connectivity index (χ1) is 11.0. The Morgan fingerprint density at radius 2 is 1.83 bits per heavy atom. The van der Waals surface area contributed by atoms with E-state index in [0.29, 0.717) is 12.0 Å². The lowest BCUT2D eigenvalue weighted by atomic mass is 9.95. The highest BCUT2D eigenvalue weighted by Crippen LogP contribution is 2.36. The molecule has 23 heavy (non-hydrogen) atoms. The summed E-state index contributed by atoms with van der Waals surface area (Å²) in [5.41, 5.74) is 1.25. The Kier molecular flexibility index (Phi) is 4.52. The lowest BCUT2D eigenvalue weighted by Crippen LogP contribution is -2.33. The van der Waals surface area contributed by atoms with Gasteiger partial charge in [-0.1, -0.05) is 20.8 Å². The van der Waals surface area contributed by atoms with Gasteiger partial charge in [-0.2, -0.15) is 0 Å². The molecule has 6 heteroatoms. The second-order valence-electron chi connectivity index (χ2n) is 7.18. The molecule has 2 aromatic heterocycles. The number of nitrogens with one attached hydrogen (secondary N) is 1. The molecule has 2 aromatic rings. The number of aromatic nitrogens is 4. The van der Waals surface area contributed by atoms with E-state index in [1.807, 2.05) is 0 Å². The zero-order chi connectivity index (χ0) is 16.3. The van der Waals surface area contributed by atoms with Gasteiger partial charge in [0.15, 0.2) is 5.82 Å². The zero-order valence-electron chi connectivity index (χ0n) is 14.0. The second-order valence-corrected chi connectivity index (χ2v) is 7.18. The van der Waals surface area contributed by atoms with Crippen LogP contribution in [0.5, 0.6) is 0 Å². The minimum Gasteiger partial charge on any atom is -0.307 e. The molecule has 0 aromatic carbocycles. The van der Waals surface area contributed by atoms with E-state index in [-0.39, 0.29) is 5.41 Å².